The van der Waals surface area contributed by atoms with Crippen LogP contribution in [0.2, 0.25) is 5.02 Å². The molecule has 2 aliphatic rings. The number of hydrogen-bond acceptors (Lipinski definition) is 1. The van der Waals surface area contributed by atoms with Crippen LogP contribution >= 0.6 is 11.6 Å². The van der Waals surface area contributed by atoms with Crippen LogP contribution in [0.1, 0.15) is 64.4 Å². The van der Waals surface area contributed by atoms with Gasteiger partial charge in [-0.2, -0.15) is 0 Å². The molecule has 1 spiro atoms. The van der Waals surface area contributed by atoms with E-state index >= 15 is 0 Å². The van der Waals surface area contributed by atoms with E-state index in [9.17, 15) is 0 Å². The van der Waals surface area contributed by atoms with Crippen molar-refractivity contribution >= 4 is 11.6 Å². The highest BCUT2D eigenvalue weighted by Crippen LogP contribution is 2.61. The maximum atomic E-state index is 6.25. The highest BCUT2D eigenvalue weighted by atomic mass is 35.5. The zero-order chi connectivity index (χ0) is 14.9. The van der Waals surface area contributed by atoms with Gasteiger partial charge in [0.2, 0.25) is 0 Å². The fraction of sp³-hybridized carbons (Fsp3) is 0.684. The van der Waals surface area contributed by atoms with E-state index in [1.807, 2.05) is 6.07 Å². The van der Waals surface area contributed by atoms with Crippen LogP contribution in [0.15, 0.2) is 24.3 Å². The summed E-state index contributed by atoms with van der Waals surface area (Å²) in [5, 5.41) is 4.56. The fourth-order valence-electron chi connectivity index (χ4n) is 4.69. The van der Waals surface area contributed by atoms with Crippen LogP contribution in [0.4, 0.5) is 0 Å². The Morgan fingerprint density at radius 2 is 1.86 bits per heavy atom. The fourth-order valence-corrected chi connectivity index (χ4v) is 4.88. The van der Waals surface area contributed by atoms with Crippen molar-refractivity contribution in [3.05, 3.63) is 34.9 Å². The van der Waals surface area contributed by atoms with E-state index < -0.39 is 0 Å². The summed E-state index contributed by atoms with van der Waals surface area (Å²) in [5.74, 6) is 0. The monoisotopic (exact) mass is 305 g/mol. The van der Waals surface area contributed by atoms with Crippen LogP contribution in [-0.4, -0.2) is 12.6 Å². The molecule has 1 N–H and O–H groups in total. The van der Waals surface area contributed by atoms with Gasteiger partial charge in [0.1, 0.15) is 0 Å². The first kappa shape index (κ1) is 15.4. The number of benzene rings is 1. The first-order valence-corrected chi connectivity index (χ1v) is 8.91. The van der Waals surface area contributed by atoms with Crippen LogP contribution < -0.4 is 5.32 Å². The van der Waals surface area contributed by atoms with E-state index in [0.717, 1.165) is 11.6 Å². The summed E-state index contributed by atoms with van der Waals surface area (Å²) < 4.78 is 0. The van der Waals surface area contributed by atoms with Gasteiger partial charge in [0.05, 0.1) is 0 Å². The van der Waals surface area contributed by atoms with Crippen LogP contribution in [0.5, 0.6) is 0 Å². The Bertz CT molecular complexity index is 480. The summed E-state index contributed by atoms with van der Waals surface area (Å²) in [7, 11) is 0. The van der Waals surface area contributed by atoms with Crippen molar-refractivity contribution in [3.8, 4) is 0 Å². The highest BCUT2D eigenvalue weighted by Gasteiger charge is 2.54. The quantitative estimate of drug-likeness (QED) is 0.794. The molecule has 1 aromatic carbocycles. The Kier molecular flexibility index (Phi) is 4.34. The van der Waals surface area contributed by atoms with Crippen molar-refractivity contribution in [1.29, 1.82) is 0 Å². The molecule has 0 atom stereocenters. The van der Waals surface area contributed by atoms with Gasteiger partial charge in [0.15, 0.2) is 0 Å². The smallest absolute Gasteiger partial charge is 0.0408 e. The van der Waals surface area contributed by atoms with Crippen molar-refractivity contribution in [2.24, 2.45) is 5.41 Å². The van der Waals surface area contributed by atoms with Crippen LogP contribution in [-0.2, 0) is 5.41 Å². The summed E-state index contributed by atoms with van der Waals surface area (Å²) in [6.45, 7) is 5.56. The molecule has 2 heteroatoms. The van der Waals surface area contributed by atoms with Crippen molar-refractivity contribution in [3.63, 3.8) is 0 Å². The summed E-state index contributed by atoms with van der Waals surface area (Å²) >= 11 is 6.25. The van der Waals surface area contributed by atoms with E-state index in [1.165, 1.54) is 50.5 Å². The Hall–Kier alpha value is -0.530. The van der Waals surface area contributed by atoms with E-state index in [-0.39, 0.29) is 0 Å². The molecule has 1 aromatic rings. The second-order valence-electron chi connectivity index (χ2n) is 7.74. The Balaban J connectivity index is 1.80. The highest BCUT2D eigenvalue weighted by molar-refractivity contribution is 6.30. The van der Waals surface area contributed by atoms with Crippen molar-refractivity contribution in [2.75, 3.05) is 6.54 Å². The molecule has 2 aliphatic carbocycles. The van der Waals surface area contributed by atoms with Crippen LogP contribution in [0.3, 0.4) is 0 Å². The molecule has 0 radical (unpaired) electrons. The molecule has 1 nitrogen and oxygen atoms in total. The molecule has 0 amide bonds. The SMILES string of the molecule is CC(C)NCC1(c2cccc(Cl)c2)CC2(CCCCC2)C1. The minimum atomic E-state index is 0.312. The zero-order valence-electron chi connectivity index (χ0n) is 13.4. The van der Waals surface area contributed by atoms with E-state index in [0.29, 0.717) is 16.9 Å². The number of hydrogen-bond donors (Lipinski definition) is 1. The molecular weight excluding hydrogens is 278 g/mol. The van der Waals surface area contributed by atoms with E-state index in [1.54, 1.807) is 0 Å². The lowest BCUT2D eigenvalue weighted by atomic mass is 9.46. The second kappa shape index (κ2) is 5.93. The molecule has 0 aromatic heterocycles. The van der Waals surface area contributed by atoms with Gasteiger partial charge >= 0.3 is 0 Å². The van der Waals surface area contributed by atoms with Gasteiger partial charge in [-0.25, -0.2) is 0 Å². The molecule has 0 aliphatic heterocycles. The third kappa shape index (κ3) is 3.14. The predicted molar refractivity (Wildman–Crippen MR) is 91.0 cm³/mol. The molecule has 0 heterocycles. The average Bonchev–Trinajstić information content (AvgIpc) is 2.43. The van der Waals surface area contributed by atoms with Gasteiger partial charge in [0.25, 0.3) is 0 Å². The molecule has 116 valence electrons. The van der Waals surface area contributed by atoms with Gasteiger partial charge < -0.3 is 5.32 Å². The van der Waals surface area contributed by atoms with Gasteiger partial charge in [-0.3, -0.25) is 0 Å². The van der Waals surface area contributed by atoms with Gasteiger partial charge in [-0.1, -0.05) is 56.8 Å². The number of rotatable bonds is 4. The van der Waals surface area contributed by atoms with Crippen molar-refractivity contribution in [2.45, 2.75) is 70.3 Å². The van der Waals surface area contributed by atoms with Crippen molar-refractivity contribution in [1.82, 2.24) is 5.32 Å². The Labute approximate surface area is 134 Å². The maximum absolute atomic E-state index is 6.25. The van der Waals surface area contributed by atoms with Crippen molar-refractivity contribution < 1.29 is 0 Å². The van der Waals surface area contributed by atoms with Gasteiger partial charge in [-0.15, -0.1) is 0 Å². The standard InChI is InChI=1S/C19H28ClN/c1-15(2)21-14-19(16-7-6-8-17(20)11-16)12-18(13-19)9-4-3-5-10-18/h6-8,11,15,21H,3-5,9-10,12-14H2,1-2H3. The van der Waals surface area contributed by atoms with Crippen LogP contribution in [0, 0.1) is 5.41 Å². The second-order valence-corrected chi connectivity index (χ2v) is 8.18. The summed E-state index contributed by atoms with van der Waals surface area (Å²) in [5.41, 5.74) is 2.39. The maximum Gasteiger partial charge on any atom is 0.0408 e. The molecule has 21 heavy (non-hydrogen) atoms. The van der Waals surface area contributed by atoms with E-state index in [2.05, 4.69) is 37.4 Å². The lowest BCUT2D eigenvalue weighted by Gasteiger charge is -2.59. The minimum Gasteiger partial charge on any atom is -0.314 e. The normalized spacial score (nSPS) is 23.2. The molecule has 0 saturated heterocycles. The lowest BCUT2D eigenvalue weighted by Crippen LogP contribution is -2.56. The first-order chi connectivity index (χ1) is 10.0. The minimum absolute atomic E-state index is 0.312. The summed E-state index contributed by atoms with van der Waals surface area (Å²) in [6, 6.07) is 9.12. The largest absolute Gasteiger partial charge is 0.314 e. The molecule has 2 saturated carbocycles. The molecule has 0 bridgehead atoms. The summed E-state index contributed by atoms with van der Waals surface area (Å²) in [4.78, 5) is 0. The first-order valence-electron chi connectivity index (χ1n) is 8.53. The molecular formula is C19H28ClN. The molecule has 2 fully saturated rings. The average molecular weight is 306 g/mol. The van der Waals surface area contributed by atoms with Gasteiger partial charge in [0, 0.05) is 23.0 Å². The predicted octanol–water partition coefficient (Wildman–Crippen LogP) is 5.32. The Morgan fingerprint density at radius 3 is 2.48 bits per heavy atom. The van der Waals surface area contributed by atoms with E-state index in [4.69, 9.17) is 11.6 Å². The zero-order valence-corrected chi connectivity index (χ0v) is 14.2. The summed E-state index contributed by atoms with van der Waals surface area (Å²) in [6.07, 6.45) is 9.89. The third-order valence-corrected chi connectivity index (χ3v) is 5.86. The third-order valence-electron chi connectivity index (χ3n) is 5.63. The Morgan fingerprint density at radius 1 is 1.14 bits per heavy atom. The number of nitrogens with one attached hydrogen (secondary N) is 1. The molecule has 0 unspecified atom stereocenters. The van der Waals surface area contributed by atoms with Gasteiger partial charge in [-0.05, 0) is 48.8 Å². The number of halogens is 1. The van der Waals surface area contributed by atoms with Crippen LogP contribution in [0.25, 0.3) is 0 Å². The lowest BCUT2D eigenvalue weighted by molar-refractivity contribution is -0.0136. The molecule has 3 rings (SSSR count). The topological polar surface area (TPSA) is 12.0 Å².